The zero-order valence-electron chi connectivity index (χ0n) is 19.2. The van der Waals surface area contributed by atoms with Crippen LogP contribution >= 0.6 is 0 Å². The van der Waals surface area contributed by atoms with Gasteiger partial charge in [0.1, 0.15) is 0 Å². The number of likely N-dealkylation sites (N-methyl/N-ethyl adjacent to an activating group) is 1. The van der Waals surface area contributed by atoms with Crippen molar-refractivity contribution in [1.82, 2.24) is 9.80 Å². The van der Waals surface area contributed by atoms with Crippen molar-refractivity contribution in [3.05, 3.63) is 0 Å². The lowest BCUT2D eigenvalue weighted by Gasteiger charge is -2.37. The second kappa shape index (κ2) is 13.9. The molecule has 4 aliphatic rings. The lowest BCUT2D eigenvalue weighted by atomic mass is 9.85. The monoisotopic (exact) mass is 372 g/mol. The molecule has 0 N–H and O–H groups in total. The maximum absolute atomic E-state index is 5.61. The molecule has 0 unspecified atom stereocenters. The summed E-state index contributed by atoms with van der Waals surface area (Å²) >= 11 is 0. The quantitative estimate of drug-likeness (QED) is 0.667. The van der Waals surface area contributed by atoms with Crippen LogP contribution in [0.15, 0.2) is 0 Å². The minimum Gasteiger partial charge on any atom is -0.380 e. The smallest absolute Gasteiger partial charge is 0.0811 e. The van der Waals surface area contributed by atoms with E-state index in [1.165, 1.54) is 45.3 Å². The largest absolute Gasteiger partial charge is 0.380 e. The Bertz CT molecular complexity index is 328. The van der Waals surface area contributed by atoms with Crippen LogP contribution in [0, 0.1) is 5.41 Å². The SMILES string of the molecule is CC.CC.CCC.CCN1CCC2(COC2)C1.CN1CCOC2(CC2)C1. The highest BCUT2D eigenvalue weighted by atomic mass is 16.5. The van der Waals surface area contributed by atoms with Crippen LogP contribution in [0.5, 0.6) is 0 Å². The third kappa shape index (κ3) is 8.69. The predicted molar refractivity (Wildman–Crippen MR) is 114 cm³/mol. The topological polar surface area (TPSA) is 24.9 Å². The molecule has 26 heavy (non-hydrogen) atoms. The summed E-state index contributed by atoms with van der Waals surface area (Å²) in [6.07, 6.45) is 5.19. The fourth-order valence-electron chi connectivity index (χ4n) is 3.40. The van der Waals surface area contributed by atoms with Gasteiger partial charge in [0.15, 0.2) is 0 Å². The fourth-order valence-corrected chi connectivity index (χ4v) is 3.40. The Morgan fingerprint density at radius 2 is 1.42 bits per heavy atom. The first-order valence-electron chi connectivity index (χ1n) is 11.2. The molecule has 1 aliphatic carbocycles. The summed E-state index contributed by atoms with van der Waals surface area (Å²) in [5.41, 5.74) is 0.920. The fraction of sp³-hybridized carbons (Fsp3) is 1.00. The van der Waals surface area contributed by atoms with Crippen molar-refractivity contribution in [3.8, 4) is 0 Å². The van der Waals surface area contributed by atoms with Crippen molar-refractivity contribution in [2.75, 3.05) is 59.6 Å². The molecule has 4 heteroatoms. The lowest BCUT2D eigenvalue weighted by Crippen LogP contribution is -2.44. The molecule has 0 amide bonds. The Morgan fingerprint density at radius 1 is 0.846 bits per heavy atom. The number of hydrogen-bond donors (Lipinski definition) is 0. The van der Waals surface area contributed by atoms with Crippen molar-refractivity contribution in [1.29, 1.82) is 0 Å². The first-order chi connectivity index (χ1) is 12.6. The summed E-state index contributed by atoms with van der Waals surface area (Å²) in [6, 6.07) is 0. The van der Waals surface area contributed by atoms with E-state index in [0.29, 0.717) is 11.0 Å². The Hall–Kier alpha value is -0.160. The molecule has 0 aromatic carbocycles. The van der Waals surface area contributed by atoms with Crippen LogP contribution in [-0.4, -0.2) is 75.0 Å². The standard InChI is InChI=1S/C8H15NO.C7H13NO.C3H8.2C2H6/c1-2-9-4-3-8(5-9)6-10-7-8;1-8-4-5-9-7(6-8)2-3-7;1-3-2;2*1-2/h2-7H2,1H3;2-6H2,1H3;3H2,1-2H3;2*1-2H3. The van der Waals surface area contributed by atoms with Crippen molar-refractivity contribution >= 4 is 0 Å². The molecule has 4 fully saturated rings. The summed E-state index contributed by atoms with van der Waals surface area (Å²) in [5, 5.41) is 0. The second-order valence-electron chi connectivity index (χ2n) is 7.59. The maximum atomic E-state index is 5.61. The second-order valence-corrected chi connectivity index (χ2v) is 7.59. The minimum atomic E-state index is 0.326. The van der Waals surface area contributed by atoms with Gasteiger partial charge in [-0.15, -0.1) is 0 Å². The third-order valence-electron chi connectivity index (χ3n) is 5.03. The zero-order chi connectivity index (χ0) is 20.1. The highest BCUT2D eigenvalue weighted by molar-refractivity contribution is 4.99. The highest BCUT2D eigenvalue weighted by Gasteiger charge is 2.46. The molecule has 0 radical (unpaired) electrons. The van der Waals surface area contributed by atoms with E-state index >= 15 is 0 Å². The van der Waals surface area contributed by atoms with Gasteiger partial charge in [-0.3, -0.25) is 0 Å². The van der Waals surface area contributed by atoms with Crippen LogP contribution in [0.4, 0.5) is 0 Å². The molecule has 0 bridgehead atoms. The molecule has 3 saturated heterocycles. The number of ether oxygens (including phenoxy) is 2. The average Bonchev–Trinajstić information content (AvgIpc) is 3.22. The Labute approximate surface area is 164 Å². The number of nitrogens with zero attached hydrogens (tertiary/aromatic N) is 2. The van der Waals surface area contributed by atoms with Gasteiger partial charge in [-0.1, -0.05) is 54.9 Å². The third-order valence-corrected chi connectivity index (χ3v) is 5.03. The zero-order valence-corrected chi connectivity index (χ0v) is 19.2. The number of morpholine rings is 1. The molecule has 3 heterocycles. The van der Waals surface area contributed by atoms with E-state index in [1.807, 2.05) is 27.7 Å². The van der Waals surface area contributed by atoms with Crippen molar-refractivity contribution < 1.29 is 9.47 Å². The van der Waals surface area contributed by atoms with Gasteiger partial charge in [0.05, 0.1) is 25.4 Å². The number of rotatable bonds is 1. The van der Waals surface area contributed by atoms with Crippen LogP contribution in [0.25, 0.3) is 0 Å². The summed E-state index contributed by atoms with van der Waals surface area (Å²) in [4.78, 5) is 4.87. The van der Waals surface area contributed by atoms with E-state index in [4.69, 9.17) is 9.47 Å². The van der Waals surface area contributed by atoms with Gasteiger partial charge in [-0.2, -0.15) is 0 Å². The molecule has 0 atom stereocenters. The highest BCUT2D eigenvalue weighted by Crippen LogP contribution is 2.41. The summed E-state index contributed by atoms with van der Waals surface area (Å²) in [7, 11) is 2.17. The molecule has 4 rings (SSSR count). The number of hydrogen-bond acceptors (Lipinski definition) is 4. The first-order valence-corrected chi connectivity index (χ1v) is 11.2. The summed E-state index contributed by atoms with van der Waals surface area (Å²) in [6.45, 7) is 23.5. The molecule has 0 aromatic rings. The minimum absolute atomic E-state index is 0.326. The van der Waals surface area contributed by atoms with Gasteiger partial charge in [0.2, 0.25) is 0 Å². The van der Waals surface area contributed by atoms with E-state index in [-0.39, 0.29) is 0 Å². The van der Waals surface area contributed by atoms with Crippen LogP contribution in [-0.2, 0) is 9.47 Å². The lowest BCUT2D eigenvalue weighted by molar-refractivity contribution is -0.104. The van der Waals surface area contributed by atoms with Crippen molar-refractivity contribution in [2.45, 2.75) is 79.8 Å². The van der Waals surface area contributed by atoms with E-state index in [2.05, 4.69) is 37.6 Å². The van der Waals surface area contributed by atoms with Gasteiger partial charge in [-0.05, 0) is 39.4 Å². The van der Waals surface area contributed by atoms with E-state index in [9.17, 15) is 0 Å². The van der Waals surface area contributed by atoms with Crippen LogP contribution in [0.2, 0.25) is 0 Å². The molecule has 4 nitrogen and oxygen atoms in total. The van der Waals surface area contributed by atoms with Crippen LogP contribution in [0.1, 0.15) is 74.1 Å². The molecule has 3 aliphatic heterocycles. The molecule has 1 saturated carbocycles. The molecule has 0 aromatic heterocycles. The molecule has 158 valence electrons. The first kappa shape index (κ1) is 25.8. The average molecular weight is 373 g/mol. The molecule has 2 spiro atoms. The van der Waals surface area contributed by atoms with Crippen molar-refractivity contribution in [2.24, 2.45) is 5.41 Å². The predicted octanol–water partition coefficient (Wildman–Crippen LogP) is 4.68. The van der Waals surface area contributed by atoms with E-state index in [1.54, 1.807) is 0 Å². The molecular formula is C22H48N2O2. The van der Waals surface area contributed by atoms with Gasteiger partial charge in [0.25, 0.3) is 0 Å². The summed E-state index contributed by atoms with van der Waals surface area (Å²) < 4.78 is 10.8. The van der Waals surface area contributed by atoms with E-state index in [0.717, 1.165) is 32.9 Å². The van der Waals surface area contributed by atoms with Gasteiger partial charge >= 0.3 is 0 Å². The normalized spacial score (nSPS) is 24.5. The van der Waals surface area contributed by atoms with Crippen molar-refractivity contribution in [3.63, 3.8) is 0 Å². The maximum Gasteiger partial charge on any atom is 0.0811 e. The Morgan fingerprint density at radius 3 is 1.69 bits per heavy atom. The van der Waals surface area contributed by atoms with Crippen LogP contribution in [0.3, 0.4) is 0 Å². The number of likely N-dealkylation sites (tertiary alicyclic amines) is 1. The van der Waals surface area contributed by atoms with Crippen LogP contribution < -0.4 is 0 Å². The Balaban J connectivity index is 0.000000362. The van der Waals surface area contributed by atoms with Gasteiger partial charge < -0.3 is 19.3 Å². The van der Waals surface area contributed by atoms with Gasteiger partial charge in [-0.25, -0.2) is 0 Å². The molecular weight excluding hydrogens is 324 g/mol. The van der Waals surface area contributed by atoms with E-state index < -0.39 is 0 Å². The summed E-state index contributed by atoms with van der Waals surface area (Å²) in [5.74, 6) is 0. The Kier molecular flexibility index (Phi) is 13.8. The van der Waals surface area contributed by atoms with Gasteiger partial charge in [0, 0.05) is 25.0 Å².